The second-order valence-electron chi connectivity index (χ2n) is 6.83. The first-order valence-corrected chi connectivity index (χ1v) is 9.03. The third-order valence-corrected chi connectivity index (χ3v) is 5.19. The Labute approximate surface area is 147 Å². The van der Waals surface area contributed by atoms with Crippen LogP contribution in [0.1, 0.15) is 30.7 Å². The van der Waals surface area contributed by atoms with Crippen molar-refractivity contribution in [2.24, 2.45) is 0 Å². The van der Waals surface area contributed by atoms with E-state index in [2.05, 4.69) is 40.3 Å². The normalized spacial score (nSPS) is 19.0. The van der Waals surface area contributed by atoms with Gasteiger partial charge in [-0.3, -0.25) is 9.69 Å². The topological polar surface area (TPSA) is 38.1 Å². The molecule has 0 radical (unpaired) electrons. The van der Waals surface area contributed by atoms with Crippen molar-refractivity contribution < 1.29 is 0 Å². The van der Waals surface area contributed by atoms with E-state index < -0.39 is 0 Å². The van der Waals surface area contributed by atoms with Crippen LogP contribution in [0, 0.1) is 0 Å². The fourth-order valence-corrected chi connectivity index (χ4v) is 3.77. The molecule has 1 aliphatic rings. The Hall–Kier alpha value is -2.46. The number of fused-ring (bicyclic) bond motifs is 1. The van der Waals surface area contributed by atoms with Crippen LogP contribution < -0.4 is 5.56 Å². The van der Waals surface area contributed by atoms with E-state index in [1.165, 1.54) is 12.0 Å². The highest BCUT2D eigenvalue weighted by Crippen LogP contribution is 2.27. The molecule has 0 bridgehead atoms. The molecule has 0 saturated carbocycles. The molecular weight excluding hydrogens is 310 g/mol. The van der Waals surface area contributed by atoms with Crippen molar-refractivity contribution in [3.05, 3.63) is 76.7 Å². The smallest absolute Gasteiger partial charge is 0.275 e. The summed E-state index contributed by atoms with van der Waals surface area (Å²) in [5, 5.41) is 6.02. The number of hydrogen-bond donors (Lipinski definition) is 0. The summed E-state index contributed by atoms with van der Waals surface area (Å²) in [5.41, 5.74) is 1.44. The third kappa shape index (κ3) is 3.49. The lowest BCUT2D eigenvalue weighted by atomic mass is 9.92. The van der Waals surface area contributed by atoms with Crippen LogP contribution in [0.25, 0.3) is 10.8 Å². The Morgan fingerprint density at radius 2 is 1.76 bits per heavy atom. The summed E-state index contributed by atoms with van der Waals surface area (Å²) in [5.74, 6) is 0.618. The third-order valence-electron chi connectivity index (χ3n) is 5.19. The van der Waals surface area contributed by atoms with E-state index >= 15 is 0 Å². The highest BCUT2D eigenvalue weighted by atomic mass is 16.1. The van der Waals surface area contributed by atoms with E-state index in [9.17, 15) is 4.79 Å². The number of hydrogen-bond acceptors (Lipinski definition) is 3. The monoisotopic (exact) mass is 333 g/mol. The van der Waals surface area contributed by atoms with Gasteiger partial charge in [0.05, 0.1) is 18.3 Å². The second-order valence-corrected chi connectivity index (χ2v) is 6.83. The number of rotatable bonds is 3. The van der Waals surface area contributed by atoms with Gasteiger partial charge in [0.15, 0.2) is 0 Å². The molecule has 128 valence electrons. The molecule has 1 atom stereocenters. The maximum atomic E-state index is 12.6. The quantitative estimate of drug-likeness (QED) is 0.735. The van der Waals surface area contributed by atoms with Gasteiger partial charge in [0.2, 0.25) is 0 Å². The molecular formula is C21H23N3O. The van der Waals surface area contributed by atoms with Gasteiger partial charge in [0.1, 0.15) is 0 Å². The first-order valence-electron chi connectivity index (χ1n) is 9.03. The minimum Gasteiger partial charge on any atom is -0.284 e. The van der Waals surface area contributed by atoms with E-state index in [1.54, 1.807) is 10.9 Å². The van der Waals surface area contributed by atoms with Gasteiger partial charge < -0.3 is 0 Å². The molecule has 3 aromatic rings. The molecule has 1 saturated heterocycles. The largest absolute Gasteiger partial charge is 0.284 e. The average Bonchev–Trinajstić information content (AvgIpc) is 2.91. The number of benzene rings is 2. The zero-order valence-electron chi connectivity index (χ0n) is 14.3. The Morgan fingerprint density at radius 1 is 0.960 bits per heavy atom. The molecule has 4 rings (SSSR count). The molecule has 0 N–H and O–H groups in total. The lowest BCUT2D eigenvalue weighted by Crippen LogP contribution is -2.34. The summed E-state index contributed by atoms with van der Waals surface area (Å²) in [6, 6.07) is 18.4. The molecule has 1 aliphatic heterocycles. The van der Waals surface area contributed by atoms with Crippen LogP contribution in [0.3, 0.4) is 0 Å². The zero-order valence-corrected chi connectivity index (χ0v) is 14.3. The number of likely N-dealkylation sites (tertiary alicyclic amines) is 1. The molecule has 0 aliphatic carbocycles. The van der Waals surface area contributed by atoms with Crippen molar-refractivity contribution in [2.75, 3.05) is 13.1 Å². The van der Waals surface area contributed by atoms with Crippen LogP contribution in [-0.4, -0.2) is 27.8 Å². The van der Waals surface area contributed by atoms with Crippen molar-refractivity contribution in [2.45, 2.75) is 31.8 Å². The van der Waals surface area contributed by atoms with Crippen molar-refractivity contribution >= 4 is 10.8 Å². The summed E-state index contributed by atoms with van der Waals surface area (Å²) >= 11 is 0. The SMILES string of the molecule is O=c1c2ccccc2cnn1CN1CCCC(c2ccccc2)CC1. The fraction of sp³-hybridized carbons (Fsp3) is 0.333. The molecule has 1 aromatic heterocycles. The molecule has 4 nitrogen and oxygen atoms in total. The van der Waals surface area contributed by atoms with Crippen LogP contribution in [-0.2, 0) is 6.67 Å². The summed E-state index contributed by atoms with van der Waals surface area (Å²) < 4.78 is 1.60. The standard InChI is InChI=1S/C21H23N3O/c25-21-20-11-5-4-9-19(20)15-22-24(21)16-23-13-6-10-18(12-14-23)17-7-2-1-3-8-17/h1-5,7-9,11,15,18H,6,10,12-14,16H2. The van der Waals surface area contributed by atoms with Gasteiger partial charge in [-0.05, 0) is 43.4 Å². The zero-order chi connectivity index (χ0) is 17.1. The van der Waals surface area contributed by atoms with Crippen molar-refractivity contribution in [3.63, 3.8) is 0 Å². The van der Waals surface area contributed by atoms with Gasteiger partial charge in [0, 0.05) is 11.9 Å². The molecule has 1 fully saturated rings. The Bertz CT molecular complexity index is 904. The summed E-state index contributed by atoms with van der Waals surface area (Å²) in [7, 11) is 0. The lowest BCUT2D eigenvalue weighted by molar-refractivity contribution is 0.210. The van der Waals surface area contributed by atoms with Crippen molar-refractivity contribution in [3.8, 4) is 0 Å². The minimum absolute atomic E-state index is 0.00181. The average molecular weight is 333 g/mol. The summed E-state index contributed by atoms with van der Waals surface area (Å²) in [6.45, 7) is 2.59. The van der Waals surface area contributed by atoms with Crippen LogP contribution in [0.5, 0.6) is 0 Å². The Kier molecular flexibility index (Phi) is 4.61. The highest BCUT2D eigenvalue weighted by molar-refractivity contribution is 5.80. The molecule has 2 heterocycles. The molecule has 4 heteroatoms. The summed E-state index contributed by atoms with van der Waals surface area (Å²) in [4.78, 5) is 15.0. The number of nitrogens with zero attached hydrogens (tertiary/aromatic N) is 3. The van der Waals surface area contributed by atoms with Crippen LogP contribution in [0.15, 0.2) is 65.6 Å². The van der Waals surface area contributed by atoms with Gasteiger partial charge in [-0.2, -0.15) is 5.10 Å². The highest BCUT2D eigenvalue weighted by Gasteiger charge is 2.19. The van der Waals surface area contributed by atoms with Crippen molar-refractivity contribution in [1.29, 1.82) is 0 Å². The maximum Gasteiger partial charge on any atom is 0.275 e. The van der Waals surface area contributed by atoms with E-state index in [4.69, 9.17) is 0 Å². The van der Waals surface area contributed by atoms with E-state index in [0.717, 1.165) is 36.7 Å². The Morgan fingerprint density at radius 3 is 2.64 bits per heavy atom. The van der Waals surface area contributed by atoms with E-state index in [1.807, 2.05) is 24.3 Å². The minimum atomic E-state index is 0.00181. The Balaban J connectivity index is 1.49. The fourth-order valence-electron chi connectivity index (χ4n) is 3.77. The van der Waals surface area contributed by atoms with Crippen molar-refractivity contribution in [1.82, 2.24) is 14.7 Å². The van der Waals surface area contributed by atoms with Gasteiger partial charge in [-0.15, -0.1) is 0 Å². The second kappa shape index (κ2) is 7.19. The van der Waals surface area contributed by atoms with Crippen LogP contribution in [0.4, 0.5) is 0 Å². The first-order chi connectivity index (χ1) is 12.3. The molecule has 0 spiro atoms. The predicted molar refractivity (Wildman–Crippen MR) is 101 cm³/mol. The van der Waals surface area contributed by atoms with Crippen LogP contribution >= 0.6 is 0 Å². The van der Waals surface area contributed by atoms with Crippen LogP contribution in [0.2, 0.25) is 0 Å². The first kappa shape index (κ1) is 16.0. The van der Waals surface area contributed by atoms with E-state index in [-0.39, 0.29) is 5.56 Å². The lowest BCUT2D eigenvalue weighted by Gasteiger charge is -2.20. The number of aromatic nitrogens is 2. The maximum absolute atomic E-state index is 12.6. The van der Waals surface area contributed by atoms with Gasteiger partial charge in [0.25, 0.3) is 5.56 Å². The molecule has 25 heavy (non-hydrogen) atoms. The molecule has 2 aromatic carbocycles. The van der Waals surface area contributed by atoms with E-state index in [0.29, 0.717) is 12.6 Å². The molecule has 1 unspecified atom stereocenters. The molecule has 0 amide bonds. The predicted octanol–water partition coefficient (Wildman–Crippen LogP) is 3.62. The van der Waals surface area contributed by atoms with Gasteiger partial charge >= 0.3 is 0 Å². The van der Waals surface area contributed by atoms with Gasteiger partial charge in [-0.1, -0.05) is 48.5 Å². The summed E-state index contributed by atoms with van der Waals surface area (Å²) in [6.07, 6.45) is 5.29. The van der Waals surface area contributed by atoms with Gasteiger partial charge in [-0.25, -0.2) is 4.68 Å².